The molecule has 0 radical (unpaired) electrons. The van der Waals surface area contributed by atoms with Gasteiger partial charge in [-0.1, -0.05) is 0 Å². The zero-order chi connectivity index (χ0) is 12.8. The van der Waals surface area contributed by atoms with Gasteiger partial charge in [0, 0.05) is 10.9 Å². The van der Waals surface area contributed by atoms with Gasteiger partial charge in [0.2, 0.25) is 0 Å². The topological polar surface area (TPSA) is 53.1 Å². The second-order valence-electron chi connectivity index (χ2n) is 3.76. The number of carbonyl (C=O) groups is 1. The van der Waals surface area contributed by atoms with Gasteiger partial charge in [0.1, 0.15) is 5.69 Å². The maximum absolute atomic E-state index is 12.7. The SMILES string of the molecule is Cc1cc(C(F)(F)F)c2cc(C(=O)O)[nH]c2c1. The van der Waals surface area contributed by atoms with E-state index in [1.807, 2.05) is 0 Å². The van der Waals surface area contributed by atoms with Crippen LogP contribution in [0, 0.1) is 6.92 Å². The summed E-state index contributed by atoms with van der Waals surface area (Å²) in [6, 6.07) is 3.48. The molecule has 2 N–H and O–H groups in total. The Hall–Kier alpha value is -1.98. The van der Waals surface area contributed by atoms with Gasteiger partial charge in [-0.3, -0.25) is 0 Å². The van der Waals surface area contributed by atoms with E-state index in [4.69, 9.17) is 5.11 Å². The van der Waals surface area contributed by atoms with Crippen molar-refractivity contribution in [1.29, 1.82) is 0 Å². The lowest BCUT2D eigenvalue weighted by atomic mass is 10.1. The normalized spacial score (nSPS) is 12.0. The van der Waals surface area contributed by atoms with Crippen molar-refractivity contribution in [3.8, 4) is 0 Å². The number of aromatic carboxylic acids is 1. The van der Waals surface area contributed by atoms with Crippen molar-refractivity contribution < 1.29 is 23.1 Å². The van der Waals surface area contributed by atoms with E-state index < -0.39 is 17.7 Å². The smallest absolute Gasteiger partial charge is 0.417 e. The minimum Gasteiger partial charge on any atom is -0.477 e. The number of fused-ring (bicyclic) bond motifs is 1. The molecule has 0 aliphatic rings. The average molecular weight is 243 g/mol. The summed E-state index contributed by atoms with van der Waals surface area (Å²) >= 11 is 0. The molecule has 0 aliphatic carbocycles. The van der Waals surface area contributed by atoms with Crippen molar-refractivity contribution in [1.82, 2.24) is 4.98 Å². The molecular formula is C11H8F3NO2. The van der Waals surface area contributed by atoms with Crippen LogP contribution in [0.4, 0.5) is 13.2 Å². The molecular weight excluding hydrogens is 235 g/mol. The minimum absolute atomic E-state index is 0.125. The number of halogens is 3. The maximum atomic E-state index is 12.7. The number of benzene rings is 1. The van der Waals surface area contributed by atoms with E-state index in [1.165, 1.54) is 13.0 Å². The van der Waals surface area contributed by atoms with Crippen molar-refractivity contribution in [2.24, 2.45) is 0 Å². The summed E-state index contributed by atoms with van der Waals surface area (Å²) < 4.78 is 38.2. The van der Waals surface area contributed by atoms with Crippen molar-refractivity contribution in [2.75, 3.05) is 0 Å². The first kappa shape index (κ1) is 11.5. The number of carboxylic acid groups (broad SMARTS) is 1. The van der Waals surface area contributed by atoms with Gasteiger partial charge < -0.3 is 10.1 Å². The summed E-state index contributed by atoms with van der Waals surface area (Å²) in [7, 11) is 0. The second-order valence-corrected chi connectivity index (χ2v) is 3.76. The Kier molecular flexibility index (Phi) is 2.38. The van der Waals surface area contributed by atoms with Crippen molar-refractivity contribution in [3.63, 3.8) is 0 Å². The number of aromatic nitrogens is 1. The van der Waals surface area contributed by atoms with E-state index in [0.29, 0.717) is 5.56 Å². The molecule has 3 nitrogen and oxygen atoms in total. The zero-order valence-corrected chi connectivity index (χ0v) is 8.72. The minimum atomic E-state index is -4.50. The van der Waals surface area contributed by atoms with E-state index in [9.17, 15) is 18.0 Å². The molecule has 1 aromatic carbocycles. The van der Waals surface area contributed by atoms with E-state index in [2.05, 4.69) is 4.98 Å². The van der Waals surface area contributed by atoms with Crippen LogP contribution in [0.2, 0.25) is 0 Å². The monoisotopic (exact) mass is 243 g/mol. The largest absolute Gasteiger partial charge is 0.477 e. The molecule has 0 amide bonds. The van der Waals surface area contributed by atoms with Crippen LogP contribution in [0.5, 0.6) is 0 Å². The Bertz CT molecular complexity index is 599. The molecule has 0 saturated carbocycles. The summed E-state index contributed by atoms with van der Waals surface area (Å²) in [6.45, 7) is 1.52. The van der Waals surface area contributed by atoms with Crippen LogP contribution in [0.1, 0.15) is 21.6 Å². The van der Waals surface area contributed by atoms with E-state index in [0.717, 1.165) is 12.1 Å². The molecule has 6 heteroatoms. The number of aromatic amines is 1. The molecule has 0 saturated heterocycles. The highest BCUT2D eigenvalue weighted by Gasteiger charge is 2.33. The second kappa shape index (κ2) is 3.51. The third-order valence-corrected chi connectivity index (χ3v) is 2.42. The van der Waals surface area contributed by atoms with Gasteiger partial charge in [-0.25, -0.2) is 4.79 Å². The fourth-order valence-corrected chi connectivity index (χ4v) is 1.73. The van der Waals surface area contributed by atoms with Crippen LogP contribution >= 0.6 is 0 Å². The Morgan fingerprint density at radius 1 is 1.29 bits per heavy atom. The highest BCUT2D eigenvalue weighted by atomic mass is 19.4. The van der Waals surface area contributed by atoms with E-state index in [1.54, 1.807) is 0 Å². The molecule has 0 spiro atoms. The van der Waals surface area contributed by atoms with Crippen LogP contribution in [0.3, 0.4) is 0 Å². The average Bonchev–Trinajstić information content (AvgIpc) is 2.58. The number of aryl methyl sites for hydroxylation is 1. The summed E-state index contributed by atoms with van der Waals surface area (Å²) in [5.74, 6) is -1.29. The predicted molar refractivity (Wildman–Crippen MR) is 55.0 cm³/mol. The summed E-state index contributed by atoms with van der Waals surface area (Å²) in [5, 5.41) is 8.61. The van der Waals surface area contributed by atoms with Crippen molar-refractivity contribution >= 4 is 16.9 Å². The highest BCUT2D eigenvalue weighted by molar-refractivity contribution is 5.95. The Labute approximate surface area is 93.9 Å². The Morgan fingerprint density at radius 2 is 1.94 bits per heavy atom. The lowest BCUT2D eigenvalue weighted by molar-refractivity contribution is -0.136. The predicted octanol–water partition coefficient (Wildman–Crippen LogP) is 3.19. The zero-order valence-electron chi connectivity index (χ0n) is 8.72. The molecule has 1 aromatic heterocycles. The highest BCUT2D eigenvalue weighted by Crippen LogP contribution is 2.35. The fraction of sp³-hybridized carbons (Fsp3) is 0.182. The van der Waals surface area contributed by atoms with Crippen LogP contribution in [0.15, 0.2) is 18.2 Å². The molecule has 90 valence electrons. The van der Waals surface area contributed by atoms with Crippen LogP contribution < -0.4 is 0 Å². The summed E-state index contributed by atoms with van der Waals surface area (Å²) in [5.41, 5.74) is -0.481. The van der Waals surface area contributed by atoms with Gasteiger partial charge in [-0.15, -0.1) is 0 Å². The molecule has 2 aromatic rings. The van der Waals surface area contributed by atoms with Gasteiger partial charge in [-0.05, 0) is 30.7 Å². The van der Waals surface area contributed by atoms with Crippen LogP contribution in [-0.2, 0) is 6.18 Å². The molecule has 2 rings (SSSR count). The van der Waals surface area contributed by atoms with E-state index in [-0.39, 0.29) is 16.6 Å². The first-order chi connectivity index (χ1) is 7.79. The third-order valence-electron chi connectivity index (χ3n) is 2.42. The van der Waals surface area contributed by atoms with Gasteiger partial charge in [0.15, 0.2) is 0 Å². The Balaban J connectivity index is 2.79. The molecule has 0 unspecified atom stereocenters. The lowest BCUT2D eigenvalue weighted by Gasteiger charge is -2.08. The van der Waals surface area contributed by atoms with Crippen LogP contribution in [0.25, 0.3) is 10.9 Å². The number of carboxylic acids is 1. The quantitative estimate of drug-likeness (QED) is 0.808. The molecule has 0 aliphatic heterocycles. The van der Waals surface area contributed by atoms with Crippen molar-refractivity contribution in [3.05, 3.63) is 35.0 Å². The molecule has 0 bridgehead atoms. The first-order valence-corrected chi connectivity index (χ1v) is 4.73. The number of hydrogen-bond donors (Lipinski definition) is 2. The van der Waals surface area contributed by atoms with E-state index >= 15 is 0 Å². The van der Waals surface area contributed by atoms with Crippen molar-refractivity contribution in [2.45, 2.75) is 13.1 Å². The molecule has 0 fully saturated rings. The van der Waals surface area contributed by atoms with Crippen LogP contribution in [-0.4, -0.2) is 16.1 Å². The number of nitrogens with one attached hydrogen (secondary N) is 1. The number of alkyl halides is 3. The Morgan fingerprint density at radius 3 is 2.47 bits per heavy atom. The number of hydrogen-bond acceptors (Lipinski definition) is 1. The third kappa shape index (κ3) is 1.98. The number of H-pyrrole nitrogens is 1. The van der Waals surface area contributed by atoms with Gasteiger partial charge in [0.05, 0.1) is 5.56 Å². The van der Waals surface area contributed by atoms with Gasteiger partial charge in [-0.2, -0.15) is 13.2 Å². The first-order valence-electron chi connectivity index (χ1n) is 4.73. The molecule has 17 heavy (non-hydrogen) atoms. The van der Waals surface area contributed by atoms with Gasteiger partial charge in [0.25, 0.3) is 0 Å². The maximum Gasteiger partial charge on any atom is 0.417 e. The number of rotatable bonds is 1. The fourth-order valence-electron chi connectivity index (χ4n) is 1.73. The molecule has 0 atom stereocenters. The molecule has 1 heterocycles. The van der Waals surface area contributed by atoms with Gasteiger partial charge >= 0.3 is 12.1 Å². The standard InChI is InChI=1S/C11H8F3NO2/c1-5-2-7(11(12,13)14)6-4-9(10(16)17)15-8(6)3-5/h2-4,15H,1H3,(H,16,17). The summed E-state index contributed by atoms with van der Waals surface area (Å²) in [4.78, 5) is 13.2. The lowest BCUT2D eigenvalue weighted by Crippen LogP contribution is -2.05. The summed E-state index contributed by atoms with van der Waals surface area (Å²) in [6.07, 6.45) is -4.50.